The molecule has 0 aliphatic carbocycles. The second-order valence-corrected chi connectivity index (χ2v) is 7.34. The SMILES string of the molecule is O=C(c1ccc(-c2cccc(C(F)(F)F)c2)cc1)N1CCCN(c2ncccn2)CC1. The van der Waals surface area contributed by atoms with Gasteiger partial charge in [0.05, 0.1) is 5.56 Å². The van der Waals surface area contributed by atoms with Crippen LogP contribution in [0.25, 0.3) is 11.1 Å². The molecular formula is C23H21F3N4O. The third kappa shape index (κ3) is 4.84. The maximum absolute atomic E-state index is 13.0. The van der Waals surface area contributed by atoms with E-state index in [1.165, 1.54) is 6.07 Å². The van der Waals surface area contributed by atoms with Gasteiger partial charge in [-0.2, -0.15) is 13.2 Å². The van der Waals surface area contributed by atoms with Gasteiger partial charge < -0.3 is 9.80 Å². The zero-order chi connectivity index (χ0) is 21.8. The molecule has 3 aromatic rings. The van der Waals surface area contributed by atoms with Gasteiger partial charge in [0.1, 0.15) is 0 Å². The third-order valence-electron chi connectivity index (χ3n) is 5.27. The molecule has 31 heavy (non-hydrogen) atoms. The topological polar surface area (TPSA) is 49.3 Å². The van der Waals surface area contributed by atoms with Crippen molar-refractivity contribution in [3.05, 3.63) is 78.1 Å². The van der Waals surface area contributed by atoms with E-state index in [1.54, 1.807) is 53.7 Å². The minimum atomic E-state index is -4.39. The molecule has 1 saturated heterocycles. The van der Waals surface area contributed by atoms with Crippen LogP contribution in [0.3, 0.4) is 0 Å². The van der Waals surface area contributed by atoms with Crippen molar-refractivity contribution in [1.29, 1.82) is 0 Å². The monoisotopic (exact) mass is 426 g/mol. The lowest BCUT2D eigenvalue weighted by Gasteiger charge is -2.22. The molecule has 1 amide bonds. The normalized spacial score (nSPS) is 14.9. The van der Waals surface area contributed by atoms with Crippen LogP contribution in [0, 0.1) is 0 Å². The summed E-state index contributed by atoms with van der Waals surface area (Å²) in [6.07, 6.45) is -0.201. The molecule has 0 N–H and O–H groups in total. The fourth-order valence-electron chi connectivity index (χ4n) is 3.64. The minimum absolute atomic E-state index is 0.0913. The molecular weight excluding hydrogens is 405 g/mol. The smallest absolute Gasteiger partial charge is 0.339 e. The Hall–Kier alpha value is -3.42. The lowest BCUT2D eigenvalue weighted by atomic mass is 10.0. The lowest BCUT2D eigenvalue weighted by molar-refractivity contribution is -0.137. The van der Waals surface area contributed by atoms with Crippen LogP contribution in [0.5, 0.6) is 0 Å². The van der Waals surface area contributed by atoms with Crippen molar-refractivity contribution in [2.24, 2.45) is 0 Å². The molecule has 1 fully saturated rings. The van der Waals surface area contributed by atoms with Gasteiger partial charge in [0.2, 0.25) is 5.95 Å². The van der Waals surface area contributed by atoms with Gasteiger partial charge in [-0.1, -0.05) is 24.3 Å². The molecule has 5 nitrogen and oxygen atoms in total. The molecule has 0 saturated carbocycles. The van der Waals surface area contributed by atoms with Crippen LogP contribution in [0.15, 0.2) is 67.0 Å². The molecule has 8 heteroatoms. The zero-order valence-corrected chi connectivity index (χ0v) is 16.7. The summed E-state index contributed by atoms with van der Waals surface area (Å²) in [4.78, 5) is 25.4. The zero-order valence-electron chi connectivity index (χ0n) is 16.7. The Balaban J connectivity index is 1.45. The molecule has 2 heterocycles. The number of halogens is 3. The predicted octanol–water partition coefficient (Wildman–Crippen LogP) is 4.51. The van der Waals surface area contributed by atoms with Gasteiger partial charge in [-0.05, 0) is 47.9 Å². The van der Waals surface area contributed by atoms with Crippen molar-refractivity contribution in [3.8, 4) is 11.1 Å². The van der Waals surface area contributed by atoms with E-state index in [2.05, 4.69) is 14.9 Å². The molecule has 0 atom stereocenters. The van der Waals surface area contributed by atoms with Crippen LogP contribution >= 0.6 is 0 Å². The number of benzene rings is 2. The van der Waals surface area contributed by atoms with Crippen molar-refractivity contribution in [2.45, 2.75) is 12.6 Å². The number of hydrogen-bond donors (Lipinski definition) is 0. The highest BCUT2D eigenvalue weighted by molar-refractivity contribution is 5.94. The molecule has 0 radical (unpaired) electrons. The first-order valence-electron chi connectivity index (χ1n) is 10.0. The predicted molar refractivity (Wildman–Crippen MR) is 112 cm³/mol. The summed E-state index contributed by atoms with van der Waals surface area (Å²) in [6.45, 7) is 2.57. The first kappa shape index (κ1) is 20.8. The number of nitrogens with zero attached hydrogens (tertiary/aromatic N) is 4. The van der Waals surface area contributed by atoms with E-state index in [-0.39, 0.29) is 5.91 Å². The van der Waals surface area contributed by atoms with Gasteiger partial charge in [0, 0.05) is 44.1 Å². The van der Waals surface area contributed by atoms with E-state index in [0.717, 1.165) is 25.1 Å². The van der Waals surface area contributed by atoms with E-state index in [1.807, 2.05) is 0 Å². The Labute approximate surface area is 178 Å². The summed E-state index contributed by atoms with van der Waals surface area (Å²) in [5.74, 6) is 0.564. The van der Waals surface area contributed by atoms with Gasteiger partial charge in [0.25, 0.3) is 5.91 Å². The average Bonchev–Trinajstić information content (AvgIpc) is 3.05. The summed E-state index contributed by atoms with van der Waals surface area (Å²) in [7, 11) is 0. The van der Waals surface area contributed by atoms with Crippen molar-refractivity contribution >= 4 is 11.9 Å². The fourth-order valence-corrected chi connectivity index (χ4v) is 3.64. The molecule has 160 valence electrons. The summed E-state index contributed by atoms with van der Waals surface area (Å²) in [5.41, 5.74) is 0.912. The first-order chi connectivity index (χ1) is 14.9. The molecule has 4 rings (SSSR count). The third-order valence-corrected chi connectivity index (χ3v) is 5.27. The van der Waals surface area contributed by atoms with Crippen LogP contribution in [0.1, 0.15) is 22.3 Å². The van der Waals surface area contributed by atoms with E-state index in [0.29, 0.717) is 42.3 Å². The van der Waals surface area contributed by atoms with Crippen molar-refractivity contribution in [1.82, 2.24) is 14.9 Å². The first-order valence-corrected chi connectivity index (χ1v) is 10.0. The summed E-state index contributed by atoms with van der Waals surface area (Å²) >= 11 is 0. The Morgan fingerprint density at radius 3 is 2.29 bits per heavy atom. The number of anilines is 1. The van der Waals surface area contributed by atoms with Gasteiger partial charge in [-0.25, -0.2) is 9.97 Å². The van der Waals surface area contributed by atoms with E-state index in [9.17, 15) is 18.0 Å². The van der Waals surface area contributed by atoms with Crippen LogP contribution in [-0.4, -0.2) is 47.0 Å². The molecule has 0 unspecified atom stereocenters. The van der Waals surface area contributed by atoms with Crippen molar-refractivity contribution in [2.75, 3.05) is 31.1 Å². The number of carbonyl (C=O) groups is 1. The number of hydrogen-bond acceptors (Lipinski definition) is 4. The van der Waals surface area contributed by atoms with Crippen molar-refractivity contribution in [3.63, 3.8) is 0 Å². The Morgan fingerprint density at radius 2 is 1.58 bits per heavy atom. The molecule has 0 spiro atoms. The molecule has 2 aromatic carbocycles. The standard InChI is InChI=1S/C23H21F3N4O/c24-23(25,26)20-5-1-4-19(16-20)17-6-8-18(9-7-17)21(31)29-12-3-13-30(15-14-29)22-27-10-2-11-28-22/h1-2,4-11,16H,3,12-15H2. The molecule has 1 aromatic heterocycles. The second-order valence-electron chi connectivity index (χ2n) is 7.34. The van der Waals surface area contributed by atoms with Gasteiger partial charge in [-0.15, -0.1) is 0 Å². The second kappa shape index (κ2) is 8.75. The quantitative estimate of drug-likeness (QED) is 0.618. The number of carbonyl (C=O) groups excluding carboxylic acids is 1. The van der Waals surface area contributed by atoms with Crippen molar-refractivity contribution < 1.29 is 18.0 Å². The Kier molecular flexibility index (Phi) is 5.88. The van der Waals surface area contributed by atoms with Crippen LogP contribution < -0.4 is 4.90 Å². The van der Waals surface area contributed by atoms with Crippen LogP contribution in [0.2, 0.25) is 0 Å². The van der Waals surface area contributed by atoms with E-state index < -0.39 is 11.7 Å². The Bertz CT molecular complexity index is 1040. The molecule has 1 aliphatic heterocycles. The highest BCUT2D eigenvalue weighted by Crippen LogP contribution is 2.32. The Morgan fingerprint density at radius 1 is 0.839 bits per heavy atom. The van der Waals surface area contributed by atoms with E-state index >= 15 is 0 Å². The largest absolute Gasteiger partial charge is 0.416 e. The number of rotatable bonds is 3. The maximum atomic E-state index is 13.0. The molecule has 0 bridgehead atoms. The summed E-state index contributed by atoms with van der Waals surface area (Å²) in [5, 5.41) is 0. The summed E-state index contributed by atoms with van der Waals surface area (Å²) in [6, 6.07) is 13.6. The minimum Gasteiger partial charge on any atom is -0.339 e. The average molecular weight is 426 g/mol. The number of alkyl halides is 3. The lowest BCUT2D eigenvalue weighted by Crippen LogP contribution is -2.35. The highest BCUT2D eigenvalue weighted by atomic mass is 19.4. The highest BCUT2D eigenvalue weighted by Gasteiger charge is 2.30. The van der Waals surface area contributed by atoms with E-state index in [4.69, 9.17) is 0 Å². The van der Waals surface area contributed by atoms with Gasteiger partial charge >= 0.3 is 6.18 Å². The number of amides is 1. The van der Waals surface area contributed by atoms with Gasteiger partial charge in [0.15, 0.2) is 0 Å². The molecule has 1 aliphatic rings. The summed E-state index contributed by atoms with van der Waals surface area (Å²) < 4.78 is 38.9. The maximum Gasteiger partial charge on any atom is 0.416 e. The van der Waals surface area contributed by atoms with Crippen LogP contribution in [0.4, 0.5) is 19.1 Å². The number of aromatic nitrogens is 2. The fraction of sp³-hybridized carbons (Fsp3) is 0.261. The van der Waals surface area contributed by atoms with Gasteiger partial charge in [-0.3, -0.25) is 4.79 Å². The van der Waals surface area contributed by atoms with Crippen LogP contribution in [-0.2, 0) is 6.18 Å².